The molecule has 1 aromatic heterocycles. The number of benzene rings is 2. The van der Waals surface area contributed by atoms with Crippen LogP contribution in [0, 0.1) is 11.6 Å². The largest absolute Gasteiger partial charge is 0.497 e. The number of ether oxygens (including phenoxy) is 1. The van der Waals surface area contributed by atoms with Crippen LogP contribution in [0.1, 0.15) is 0 Å². The van der Waals surface area contributed by atoms with Crippen LogP contribution in [0.5, 0.6) is 5.75 Å². The van der Waals surface area contributed by atoms with Crippen LogP contribution >= 0.6 is 0 Å². The van der Waals surface area contributed by atoms with Gasteiger partial charge in [-0.1, -0.05) is 0 Å². The van der Waals surface area contributed by atoms with Gasteiger partial charge in [0.25, 0.3) is 10.0 Å². The predicted octanol–water partition coefficient (Wildman–Crippen LogP) is 2.88. The van der Waals surface area contributed by atoms with Crippen molar-refractivity contribution in [2.24, 2.45) is 0 Å². The van der Waals surface area contributed by atoms with E-state index in [1.165, 1.54) is 37.6 Å². The van der Waals surface area contributed by atoms with Crippen LogP contribution in [0.4, 0.5) is 14.5 Å². The Hall–Kier alpha value is -2.94. The Morgan fingerprint density at radius 3 is 2.40 bits per heavy atom. The quantitative estimate of drug-likeness (QED) is 0.766. The minimum atomic E-state index is -4.57. The number of nitrogens with one attached hydrogen (secondary N) is 1. The Kier molecular flexibility index (Phi) is 4.17. The van der Waals surface area contributed by atoms with E-state index in [0.29, 0.717) is 0 Å². The third-order valence-electron chi connectivity index (χ3n) is 3.39. The van der Waals surface area contributed by atoms with Gasteiger partial charge in [0, 0.05) is 23.9 Å². The fourth-order valence-electron chi connectivity index (χ4n) is 2.27. The SMILES string of the molecule is COc1cc(F)c(S(=O)(=O)Nc2ccc3occc(=O)c3c2)c(F)c1. The third-order valence-corrected chi connectivity index (χ3v) is 4.82. The molecule has 0 unspecified atom stereocenters. The predicted molar refractivity (Wildman–Crippen MR) is 86.2 cm³/mol. The molecule has 9 heteroatoms. The van der Waals surface area contributed by atoms with Crippen molar-refractivity contribution in [2.45, 2.75) is 4.90 Å². The highest BCUT2D eigenvalue weighted by atomic mass is 32.2. The summed E-state index contributed by atoms with van der Waals surface area (Å²) in [6.07, 6.45) is 1.20. The summed E-state index contributed by atoms with van der Waals surface area (Å²) >= 11 is 0. The smallest absolute Gasteiger partial charge is 0.267 e. The molecule has 0 radical (unpaired) electrons. The van der Waals surface area contributed by atoms with Crippen LogP contribution in [0.25, 0.3) is 11.0 Å². The van der Waals surface area contributed by atoms with E-state index in [1.54, 1.807) is 0 Å². The molecule has 3 rings (SSSR count). The van der Waals surface area contributed by atoms with Crippen LogP contribution in [0.3, 0.4) is 0 Å². The van der Waals surface area contributed by atoms with Gasteiger partial charge in [0.1, 0.15) is 23.0 Å². The van der Waals surface area contributed by atoms with Crippen molar-refractivity contribution in [1.29, 1.82) is 0 Å². The summed E-state index contributed by atoms with van der Waals surface area (Å²) in [5, 5.41) is 0.123. The first-order valence-electron chi connectivity index (χ1n) is 6.89. The van der Waals surface area contributed by atoms with Gasteiger partial charge in [0.15, 0.2) is 10.3 Å². The minimum Gasteiger partial charge on any atom is -0.497 e. The number of fused-ring (bicyclic) bond motifs is 1. The first-order valence-corrected chi connectivity index (χ1v) is 8.37. The van der Waals surface area contributed by atoms with Crippen LogP contribution in [-0.4, -0.2) is 15.5 Å². The fraction of sp³-hybridized carbons (Fsp3) is 0.0625. The van der Waals surface area contributed by atoms with Gasteiger partial charge in [-0.25, -0.2) is 17.2 Å². The molecule has 0 bridgehead atoms. The fourth-order valence-corrected chi connectivity index (χ4v) is 3.44. The summed E-state index contributed by atoms with van der Waals surface area (Å²) in [6.45, 7) is 0. The number of rotatable bonds is 4. The van der Waals surface area contributed by atoms with Gasteiger partial charge in [-0.3, -0.25) is 9.52 Å². The van der Waals surface area contributed by atoms with Gasteiger partial charge in [-0.2, -0.15) is 0 Å². The van der Waals surface area contributed by atoms with Gasteiger partial charge >= 0.3 is 0 Å². The third kappa shape index (κ3) is 3.18. The van der Waals surface area contributed by atoms with Gasteiger partial charge in [0.05, 0.1) is 18.8 Å². The average molecular weight is 367 g/mol. The molecule has 3 aromatic rings. The Labute approximate surface area is 140 Å². The summed E-state index contributed by atoms with van der Waals surface area (Å²) in [4.78, 5) is 10.6. The molecule has 6 nitrogen and oxygen atoms in total. The van der Waals surface area contributed by atoms with Gasteiger partial charge < -0.3 is 9.15 Å². The maximum Gasteiger partial charge on any atom is 0.267 e. The van der Waals surface area contributed by atoms with Crippen LogP contribution in [-0.2, 0) is 10.0 Å². The molecular formula is C16H11F2NO5S. The van der Waals surface area contributed by atoms with Crippen molar-refractivity contribution in [3.8, 4) is 5.75 Å². The standard InChI is InChI=1S/C16H11F2NO5S/c1-23-10-7-12(17)16(13(18)8-10)25(21,22)19-9-2-3-15-11(6-9)14(20)4-5-24-15/h2-8,19H,1H3. The summed E-state index contributed by atoms with van der Waals surface area (Å²) < 4.78 is 64.5. The van der Waals surface area contributed by atoms with Crippen molar-refractivity contribution in [1.82, 2.24) is 0 Å². The number of sulfonamides is 1. The van der Waals surface area contributed by atoms with Crippen molar-refractivity contribution >= 4 is 26.7 Å². The van der Waals surface area contributed by atoms with Crippen LogP contribution in [0.15, 0.2) is 56.8 Å². The van der Waals surface area contributed by atoms with Gasteiger partial charge in [-0.15, -0.1) is 0 Å². The molecule has 1 N–H and O–H groups in total. The summed E-state index contributed by atoms with van der Waals surface area (Å²) in [5.74, 6) is -2.76. The lowest BCUT2D eigenvalue weighted by Gasteiger charge is -2.11. The number of halogens is 2. The lowest BCUT2D eigenvalue weighted by molar-refractivity contribution is 0.402. The zero-order valence-corrected chi connectivity index (χ0v) is 13.6. The Morgan fingerprint density at radius 1 is 1.08 bits per heavy atom. The molecule has 130 valence electrons. The molecule has 0 aliphatic carbocycles. The molecule has 0 saturated heterocycles. The first-order chi connectivity index (χ1) is 11.8. The monoisotopic (exact) mass is 367 g/mol. The van der Waals surface area contributed by atoms with Gasteiger partial charge in [-0.05, 0) is 18.2 Å². The second-order valence-corrected chi connectivity index (χ2v) is 6.64. The molecule has 0 saturated carbocycles. The topological polar surface area (TPSA) is 85.6 Å². The molecule has 0 aliphatic rings. The van der Waals surface area contributed by atoms with E-state index in [0.717, 1.165) is 12.1 Å². The van der Waals surface area contributed by atoms with Crippen LogP contribution < -0.4 is 14.9 Å². The minimum absolute atomic E-state index is 0.0411. The molecule has 1 heterocycles. The normalized spacial score (nSPS) is 11.5. The molecule has 2 aromatic carbocycles. The molecule has 0 spiro atoms. The Morgan fingerprint density at radius 2 is 1.76 bits per heavy atom. The zero-order chi connectivity index (χ0) is 18.2. The van der Waals surface area contributed by atoms with Crippen molar-refractivity contribution in [2.75, 3.05) is 11.8 Å². The summed E-state index contributed by atoms with van der Waals surface area (Å²) in [5.41, 5.74) is -0.179. The molecule has 25 heavy (non-hydrogen) atoms. The second kappa shape index (κ2) is 6.17. The molecule has 0 fully saturated rings. The zero-order valence-electron chi connectivity index (χ0n) is 12.7. The van der Waals surface area contributed by atoms with E-state index in [9.17, 15) is 22.0 Å². The lowest BCUT2D eigenvalue weighted by Crippen LogP contribution is -2.17. The van der Waals surface area contributed by atoms with Crippen LogP contribution in [0.2, 0.25) is 0 Å². The highest BCUT2D eigenvalue weighted by Crippen LogP contribution is 2.27. The lowest BCUT2D eigenvalue weighted by atomic mass is 10.2. The highest BCUT2D eigenvalue weighted by molar-refractivity contribution is 7.92. The average Bonchev–Trinajstić information content (AvgIpc) is 2.54. The number of hydrogen-bond donors (Lipinski definition) is 1. The number of hydrogen-bond acceptors (Lipinski definition) is 5. The van der Waals surface area contributed by atoms with Crippen molar-refractivity contribution in [3.05, 3.63) is 64.5 Å². The Balaban J connectivity index is 2.05. The van der Waals surface area contributed by atoms with E-state index >= 15 is 0 Å². The van der Waals surface area contributed by atoms with Gasteiger partial charge in [0.2, 0.25) is 0 Å². The Bertz CT molecular complexity index is 1100. The molecular weight excluding hydrogens is 356 g/mol. The molecule has 0 amide bonds. The number of anilines is 1. The van der Waals surface area contributed by atoms with E-state index < -0.39 is 26.6 Å². The summed E-state index contributed by atoms with van der Waals surface area (Å²) in [7, 11) is -3.37. The first kappa shape index (κ1) is 16.9. The maximum atomic E-state index is 14.0. The van der Waals surface area contributed by atoms with Crippen molar-refractivity contribution < 1.29 is 26.4 Å². The molecule has 0 atom stereocenters. The molecule has 0 aliphatic heterocycles. The second-order valence-electron chi connectivity index (χ2n) is 5.02. The maximum absolute atomic E-state index is 14.0. The highest BCUT2D eigenvalue weighted by Gasteiger charge is 2.25. The van der Waals surface area contributed by atoms with Crippen molar-refractivity contribution in [3.63, 3.8) is 0 Å². The van der Waals surface area contributed by atoms with E-state index in [4.69, 9.17) is 4.42 Å². The number of methoxy groups -OCH3 is 1. The van der Waals surface area contributed by atoms with E-state index in [2.05, 4.69) is 4.74 Å². The summed E-state index contributed by atoms with van der Waals surface area (Å²) in [6, 6.07) is 6.58. The van der Waals surface area contributed by atoms with E-state index in [-0.39, 0.29) is 27.8 Å². The van der Waals surface area contributed by atoms with E-state index in [1.807, 2.05) is 4.72 Å².